The van der Waals surface area contributed by atoms with Crippen molar-refractivity contribution in [2.75, 3.05) is 18.5 Å². The van der Waals surface area contributed by atoms with Gasteiger partial charge in [0.15, 0.2) is 5.13 Å². The van der Waals surface area contributed by atoms with E-state index in [1.807, 2.05) is 6.92 Å². The first-order chi connectivity index (χ1) is 8.67. The van der Waals surface area contributed by atoms with Crippen LogP contribution in [0.15, 0.2) is 0 Å². The Morgan fingerprint density at radius 3 is 2.78 bits per heavy atom. The van der Waals surface area contributed by atoms with Crippen LogP contribution in [0.25, 0.3) is 0 Å². The molecule has 0 aliphatic heterocycles. The molecule has 0 amide bonds. The fraction of sp³-hybridized carbons (Fsp3) is 0.786. The van der Waals surface area contributed by atoms with Crippen LogP contribution in [-0.2, 0) is 6.61 Å². The van der Waals surface area contributed by atoms with Crippen molar-refractivity contribution in [1.29, 1.82) is 0 Å². The highest BCUT2D eigenvalue weighted by Gasteiger charge is 2.39. The highest BCUT2D eigenvalue weighted by atomic mass is 32.1. The van der Waals surface area contributed by atoms with Gasteiger partial charge in [-0.2, -0.15) is 0 Å². The summed E-state index contributed by atoms with van der Waals surface area (Å²) in [5.41, 5.74) is 0.984. The molecule has 18 heavy (non-hydrogen) atoms. The van der Waals surface area contributed by atoms with Crippen molar-refractivity contribution < 1.29 is 5.11 Å². The van der Waals surface area contributed by atoms with Gasteiger partial charge in [-0.1, -0.05) is 17.8 Å². The smallest absolute Gasteiger partial charge is 0.185 e. The number of rotatable bonds is 4. The topological polar surface area (TPSA) is 36.4 Å². The van der Waals surface area contributed by atoms with E-state index in [4.69, 9.17) is 0 Å². The quantitative estimate of drug-likeness (QED) is 0.910. The van der Waals surface area contributed by atoms with Crippen LogP contribution in [0, 0.1) is 24.7 Å². The molecule has 2 fully saturated rings. The molecule has 3 atom stereocenters. The molecule has 1 heterocycles. The van der Waals surface area contributed by atoms with Crippen LogP contribution in [0.1, 0.15) is 36.3 Å². The maximum atomic E-state index is 9.24. The van der Waals surface area contributed by atoms with Gasteiger partial charge in [0.2, 0.25) is 0 Å². The van der Waals surface area contributed by atoms with E-state index in [-0.39, 0.29) is 6.61 Å². The molecule has 2 aliphatic carbocycles. The standard InChI is InChI=1S/C14H22N2OS/c1-9-13(8-17)18-14(15-9)16(2)7-12-6-10-3-4-11(12)5-10/h10-12,17H,3-8H2,1-2H3. The summed E-state index contributed by atoms with van der Waals surface area (Å²) in [6.45, 7) is 3.24. The number of hydrogen-bond acceptors (Lipinski definition) is 4. The Balaban J connectivity index is 1.65. The first kappa shape index (κ1) is 12.4. The fourth-order valence-corrected chi connectivity index (χ4v) is 4.64. The van der Waals surface area contributed by atoms with E-state index in [0.29, 0.717) is 0 Å². The lowest BCUT2D eigenvalue weighted by molar-refractivity contribution is 0.284. The molecule has 1 aromatic heterocycles. The summed E-state index contributed by atoms with van der Waals surface area (Å²) in [6, 6.07) is 0. The van der Waals surface area contributed by atoms with Crippen molar-refractivity contribution in [2.24, 2.45) is 17.8 Å². The maximum absolute atomic E-state index is 9.24. The monoisotopic (exact) mass is 266 g/mol. The first-order valence-electron chi connectivity index (χ1n) is 6.95. The summed E-state index contributed by atoms with van der Waals surface area (Å²) in [5.74, 6) is 2.85. The molecule has 0 radical (unpaired) electrons. The number of aryl methyl sites for hydroxylation is 1. The SMILES string of the molecule is Cc1nc(N(C)CC2CC3CCC2C3)sc1CO. The molecule has 2 bridgehead atoms. The molecule has 3 nitrogen and oxygen atoms in total. The van der Waals surface area contributed by atoms with E-state index in [9.17, 15) is 5.11 Å². The molecule has 0 aromatic carbocycles. The Hall–Kier alpha value is -0.610. The minimum atomic E-state index is 0.117. The van der Waals surface area contributed by atoms with Crippen LogP contribution < -0.4 is 4.90 Å². The van der Waals surface area contributed by atoms with E-state index >= 15 is 0 Å². The van der Waals surface area contributed by atoms with Crippen molar-refractivity contribution in [1.82, 2.24) is 4.98 Å². The largest absolute Gasteiger partial charge is 0.391 e. The van der Waals surface area contributed by atoms with Crippen molar-refractivity contribution >= 4 is 16.5 Å². The number of anilines is 1. The number of aliphatic hydroxyl groups excluding tert-OH is 1. The molecular weight excluding hydrogens is 244 g/mol. The Bertz CT molecular complexity index is 431. The number of thiazole rings is 1. The zero-order valence-electron chi connectivity index (χ0n) is 11.2. The average molecular weight is 266 g/mol. The van der Waals surface area contributed by atoms with Gasteiger partial charge in [-0.15, -0.1) is 0 Å². The van der Waals surface area contributed by atoms with Crippen molar-refractivity contribution in [3.05, 3.63) is 10.6 Å². The Labute approximate surface area is 113 Å². The second-order valence-corrected chi connectivity index (χ2v) is 7.04. The third-order valence-electron chi connectivity index (χ3n) is 4.74. The third-order valence-corrected chi connectivity index (χ3v) is 6.00. The molecule has 1 N–H and O–H groups in total. The molecule has 1 aromatic rings. The maximum Gasteiger partial charge on any atom is 0.185 e. The van der Waals surface area contributed by atoms with E-state index in [0.717, 1.165) is 40.0 Å². The van der Waals surface area contributed by atoms with Crippen LogP contribution in [0.4, 0.5) is 5.13 Å². The highest BCUT2D eigenvalue weighted by Crippen LogP contribution is 2.48. The predicted octanol–water partition coefficient (Wildman–Crippen LogP) is 2.82. The Morgan fingerprint density at radius 2 is 2.22 bits per heavy atom. The summed E-state index contributed by atoms with van der Waals surface area (Å²) < 4.78 is 0. The van der Waals surface area contributed by atoms with Gasteiger partial charge in [-0.05, 0) is 43.9 Å². The van der Waals surface area contributed by atoms with Gasteiger partial charge in [-0.25, -0.2) is 4.98 Å². The summed E-state index contributed by atoms with van der Waals surface area (Å²) in [6.07, 6.45) is 5.81. The summed E-state index contributed by atoms with van der Waals surface area (Å²) >= 11 is 1.64. The number of nitrogens with zero attached hydrogens (tertiary/aromatic N) is 2. The molecule has 2 saturated carbocycles. The minimum Gasteiger partial charge on any atom is -0.391 e. The second-order valence-electron chi connectivity index (χ2n) is 5.98. The lowest BCUT2D eigenvalue weighted by Gasteiger charge is -2.26. The Morgan fingerprint density at radius 1 is 1.39 bits per heavy atom. The van der Waals surface area contributed by atoms with Gasteiger partial charge in [0.25, 0.3) is 0 Å². The van der Waals surface area contributed by atoms with E-state index in [1.54, 1.807) is 11.3 Å². The average Bonchev–Trinajstić information content (AvgIpc) is 3.03. The van der Waals surface area contributed by atoms with Crippen molar-refractivity contribution in [3.8, 4) is 0 Å². The highest BCUT2D eigenvalue weighted by molar-refractivity contribution is 7.15. The molecule has 3 unspecified atom stereocenters. The normalized spacial score (nSPS) is 30.1. The van der Waals surface area contributed by atoms with Crippen molar-refractivity contribution in [2.45, 2.75) is 39.2 Å². The molecule has 0 spiro atoms. The molecule has 4 heteroatoms. The lowest BCUT2D eigenvalue weighted by atomic mass is 9.88. The van der Waals surface area contributed by atoms with Crippen LogP contribution >= 0.6 is 11.3 Å². The number of aromatic nitrogens is 1. The predicted molar refractivity (Wildman–Crippen MR) is 75.0 cm³/mol. The molecule has 3 rings (SSSR count). The first-order valence-corrected chi connectivity index (χ1v) is 7.77. The van der Waals surface area contributed by atoms with Gasteiger partial charge in [0.05, 0.1) is 17.2 Å². The van der Waals surface area contributed by atoms with Gasteiger partial charge >= 0.3 is 0 Å². The third kappa shape index (κ3) is 2.16. The lowest BCUT2D eigenvalue weighted by Crippen LogP contribution is -2.28. The second kappa shape index (κ2) is 4.82. The van der Waals surface area contributed by atoms with E-state index in [1.165, 1.54) is 25.7 Å². The van der Waals surface area contributed by atoms with Gasteiger partial charge in [-0.3, -0.25) is 0 Å². The Kier molecular flexibility index (Phi) is 3.32. The van der Waals surface area contributed by atoms with Crippen LogP contribution in [0.3, 0.4) is 0 Å². The molecule has 100 valence electrons. The zero-order valence-corrected chi connectivity index (χ0v) is 12.0. The number of hydrogen-bond donors (Lipinski definition) is 1. The summed E-state index contributed by atoms with van der Waals surface area (Å²) in [5, 5.41) is 10.3. The van der Waals surface area contributed by atoms with Gasteiger partial charge < -0.3 is 10.0 Å². The van der Waals surface area contributed by atoms with Crippen molar-refractivity contribution in [3.63, 3.8) is 0 Å². The zero-order chi connectivity index (χ0) is 12.7. The summed E-state index contributed by atoms with van der Waals surface area (Å²) in [7, 11) is 2.14. The number of aliphatic hydroxyl groups is 1. The number of fused-ring (bicyclic) bond motifs is 2. The van der Waals surface area contributed by atoms with Crippen LogP contribution in [0.2, 0.25) is 0 Å². The van der Waals surface area contributed by atoms with Gasteiger partial charge in [0.1, 0.15) is 0 Å². The van der Waals surface area contributed by atoms with E-state index < -0.39 is 0 Å². The van der Waals surface area contributed by atoms with Crippen LogP contribution in [-0.4, -0.2) is 23.7 Å². The molecule has 0 saturated heterocycles. The molecule has 2 aliphatic rings. The van der Waals surface area contributed by atoms with Gasteiger partial charge in [0, 0.05) is 13.6 Å². The minimum absolute atomic E-state index is 0.117. The summed E-state index contributed by atoms with van der Waals surface area (Å²) in [4.78, 5) is 7.87. The van der Waals surface area contributed by atoms with E-state index in [2.05, 4.69) is 16.9 Å². The van der Waals surface area contributed by atoms with Crippen LogP contribution in [0.5, 0.6) is 0 Å². The fourth-order valence-electron chi connectivity index (χ4n) is 3.75. The molecular formula is C14H22N2OS.